The van der Waals surface area contributed by atoms with Gasteiger partial charge in [0.05, 0.1) is 17.1 Å². The van der Waals surface area contributed by atoms with E-state index >= 15 is 0 Å². The Balaban J connectivity index is 2.37. The van der Waals surface area contributed by atoms with Crippen LogP contribution < -0.4 is 0 Å². The number of aryl methyl sites for hydroxylation is 1. The van der Waals surface area contributed by atoms with Gasteiger partial charge in [-0.2, -0.15) is 5.10 Å². The highest BCUT2D eigenvalue weighted by molar-refractivity contribution is 8.13. The highest BCUT2D eigenvalue weighted by atomic mass is 35.7. The van der Waals surface area contributed by atoms with Crippen molar-refractivity contribution in [3.63, 3.8) is 0 Å². The minimum atomic E-state index is -3.62. The van der Waals surface area contributed by atoms with Gasteiger partial charge < -0.3 is 0 Å². The van der Waals surface area contributed by atoms with E-state index in [-0.39, 0.29) is 11.6 Å². The molecule has 1 heterocycles. The summed E-state index contributed by atoms with van der Waals surface area (Å²) in [6.07, 6.45) is 1.57. The third-order valence-corrected chi connectivity index (χ3v) is 3.40. The summed E-state index contributed by atoms with van der Waals surface area (Å²) >= 11 is 0. The molecule has 2 rings (SSSR count). The minimum Gasteiger partial charge on any atom is -0.240 e. The quantitative estimate of drug-likeness (QED) is 0.815. The van der Waals surface area contributed by atoms with Crippen molar-refractivity contribution in [3.8, 4) is 5.69 Å². The van der Waals surface area contributed by atoms with Gasteiger partial charge in [0.1, 0.15) is 5.82 Å². The molecule has 0 radical (unpaired) electrons. The number of nitrogens with zero attached hydrogens (tertiary/aromatic N) is 2. The number of benzene rings is 1. The molecule has 7 heteroatoms. The molecule has 0 unspecified atom stereocenters. The molecular formula is C11H10ClFN2O2S. The van der Waals surface area contributed by atoms with E-state index in [1.165, 1.54) is 16.8 Å². The lowest BCUT2D eigenvalue weighted by molar-refractivity contribution is 0.608. The van der Waals surface area contributed by atoms with Crippen LogP contribution in [0.5, 0.6) is 0 Å². The highest BCUT2D eigenvalue weighted by Gasteiger charge is 2.13. The smallest absolute Gasteiger partial charge is 0.236 e. The van der Waals surface area contributed by atoms with Gasteiger partial charge in [0.2, 0.25) is 9.05 Å². The second-order valence-electron chi connectivity index (χ2n) is 3.84. The molecule has 0 aliphatic carbocycles. The van der Waals surface area contributed by atoms with E-state index in [4.69, 9.17) is 10.7 Å². The van der Waals surface area contributed by atoms with Gasteiger partial charge in [0.25, 0.3) is 0 Å². The molecule has 0 saturated heterocycles. The van der Waals surface area contributed by atoms with Gasteiger partial charge in [-0.25, -0.2) is 17.5 Å². The topological polar surface area (TPSA) is 52.0 Å². The third-order valence-electron chi connectivity index (χ3n) is 2.42. The van der Waals surface area contributed by atoms with Crippen molar-refractivity contribution in [3.05, 3.63) is 47.5 Å². The van der Waals surface area contributed by atoms with Crippen LogP contribution in [0.3, 0.4) is 0 Å². The predicted molar refractivity (Wildman–Crippen MR) is 66.7 cm³/mol. The lowest BCUT2D eigenvalue weighted by Gasteiger charge is -1.99. The van der Waals surface area contributed by atoms with Crippen molar-refractivity contribution in [2.45, 2.75) is 12.7 Å². The molecule has 2 aromatic rings. The number of halogens is 2. The Morgan fingerprint density at radius 1 is 1.33 bits per heavy atom. The molecule has 0 amide bonds. The van der Waals surface area contributed by atoms with Crippen molar-refractivity contribution in [2.24, 2.45) is 0 Å². The monoisotopic (exact) mass is 288 g/mol. The molecule has 4 nitrogen and oxygen atoms in total. The van der Waals surface area contributed by atoms with Crippen LogP contribution in [-0.4, -0.2) is 18.2 Å². The van der Waals surface area contributed by atoms with E-state index in [9.17, 15) is 12.8 Å². The van der Waals surface area contributed by atoms with E-state index in [1.54, 1.807) is 25.3 Å². The molecule has 0 atom stereocenters. The summed E-state index contributed by atoms with van der Waals surface area (Å²) in [5, 5.41) is 4.17. The molecule has 0 N–H and O–H groups in total. The van der Waals surface area contributed by atoms with Crippen LogP contribution >= 0.6 is 10.7 Å². The molecule has 18 heavy (non-hydrogen) atoms. The van der Waals surface area contributed by atoms with Crippen LogP contribution in [0.15, 0.2) is 30.5 Å². The van der Waals surface area contributed by atoms with Gasteiger partial charge >= 0.3 is 0 Å². The first-order valence-corrected chi connectivity index (χ1v) is 7.56. The zero-order valence-electron chi connectivity index (χ0n) is 9.47. The summed E-state index contributed by atoms with van der Waals surface area (Å²) in [6, 6.07) is 5.73. The molecule has 0 bridgehead atoms. The lowest BCUT2D eigenvalue weighted by Crippen LogP contribution is -1.95. The Labute approximate surface area is 108 Å². The summed E-state index contributed by atoms with van der Waals surface area (Å²) in [7, 11) is 1.58. The zero-order chi connectivity index (χ0) is 13.3. The molecule has 0 fully saturated rings. The van der Waals surface area contributed by atoms with Gasteiger partial charge in [0.15, 0.2) is 0 Å². The van der Waals surface area contributed by atoms with Gasteiger partial charge in [0, 0.05) is 22.4 Å². The van der Waals surface area contributed by atoms with Gasteiger partial charge in [-0.15, -0.1) is 0 Å². The van der Waals surface area contributed by atoms with Crippen LogP contribution in [0.25, 0.3) is 5.69 Å². The second kappa shape index (κ2) is 4.70. The number of aromatic nitrogens is 2. The fourth-order valence-corrected chi connectivity index (χ4v) is 2.56. The van der Waals surface area contributed by atoms with Crippen LogP contribution in [0.2, 0.25) is 0 Å². The molecule has 0 aliphatic rings. The SMILES string of the molecule is Cc1nn(-c2ccc(F)cc2)cc1CS(=O)(=O)Cl. The lowest BCUT2D eigenvalue weighted by atomic mass is 10.3. The van der Waals surface area contributed by atoms with E-state index in [0.29, 0.717) is 16.9 Å². The van der Waals surface area contributed by atoms with E-state index in [2.05, 4.69) is 5.10 Å². The Hall–Kier alpha value is -1.40. The summed E-state index contributed by atoms with van der Waals surface area (Å²) in [5.41, 5.74) is 1.75. The van der Waals surface area contributed by atoms with Crippen LogP contribution in [0.1, 0.15) is 11.3 Å². The molecule has 0 saturated carbocycles. The first-order valence-electron chi connectivity index (χ1n) is 5.08. The number of hydrogen-bond donors (Lipinski definition) is 0. The van der Waals surface area contributed by atoms with Crippen molar-refractivity contribution < 1.29 is 12.8 Å². The summed E-state index contributed by atoms with van der Waals surface area (Å²) < 4.78 is 36.3. The average molecular weight is 289 g/mol. The van der Waals surface area contributed by atoms with Crippen molar-refractivity contribution in [1.82, 2.24) is 9.78 Å². The fourth-order valence-electron chi connectivity index (χ4n) is 1.55. The minimum absolute atomic E-state index is 0.276. The number of rotatable bonds is 3. The van der Waals surface area contributed by atoms with Crippen LogP contribution in [0.4, 0.5) is 4.39 Å². The van der Waals surface area contributed by atoms with Gasteiger partial charge in [-0.05, 0) is 31.2 Å². The fraction of sp³-hybridized carbons (Fsp3) is 0.182. The molecule has 0 aliphatic heterocycles. The Kier molecular flexibility index (Phi) is 3.41. The summed E-state index contributed by atoms with van der Waals surface area (Å²) in [5.74, 6) is -0.618. The molecule has 1 aromatic carbocycles. The highest BCUT2D eigenvalue weighted by Crippen LogP contribution is 2.16. The van der Waals surface area contributed by atoms with E-state index < -0.39 is 9.05 Å². The molecular weight excluding hydrogens is 279 g/mol. The van der Waals surface area contributed by atoms with Crippen molar-refractivity contribution >= 4 is 19.7 Å². The van der Waals surface area contributed by atoms with Crippen LogP contribution in [0, 0.1) is 12.7 Å². The maximum Gasteiger partial charge on any atom is 0.236 e. The Morgan fingerprint density at radius 2 is 1.94 bits per heavy atom. The van der Waals surface area contributed by atoms with Gasteiger partial charge in [-0.3, -0.25) is 0 Å². The normalized spacial score (nSPS) is 11.7. The predicted octanol–water partition coefficient (Wildman–Crippen LogP) is 2.39. The molecule has 0 spiro atoms. The zero-order valence-corrected chi connectivity index (χ0v) is 11.0. The Bertz CT molecular complexity index is 665. The van der Waals surface area contributed by atoms with Gasteiger partial charge in [-0.1, -0.05) is 0 Å². The molecule has 1 aromatic heterocycles. The van der Waals surface area contributed by atoms with Crippen molar-refractivity contribution in [2.75, 3.05) is 0 Å². The first-order chi connectivity index (χ1) is 8.35. The summed E-state index contributed by atoms with van der Waals surface area (Å²) in [6.45, 7) is 1.69. The average Bonchev–Trinajstić information content (AvgIpc) is 2.59. The first kappa shape index (κ1) is 13.0. The molecule has 96 valence electrons. The maximum absolute atomic E-state index is 12.8. The maximum atomic E-state index is 12.8. The second-order valence-corrected chi connectivity index (χ2v) is 6.62. The van der Waals surface area contributed by atoms with E-state index in [1.807, 2.05) is 0 Å². The summed E-state index contributed by atoms with van der Waals surface area (Å²) in [4.78, 5) is 0. The van der Waals surface area contributed by atoms with Crippen LogP contribution in [-0.2, 0) is 14.8 Å². The third kappa shape index (κ3) is 3.08. The number of hydrogen-bond acceptors (Lipinski definition) is 3. The van der Waals surface area contributed by atoms with Crippen molar-refractivity contribution in [1.29, 1.82) is 0 Å². The standard InChI is InChI=1S/C11H10ClFN2O2S/c1-8-9(7-18(12,16)17)6-15(14-8)11-4-2-10(13)3-5-11/h2-6H,7H2,1H3. The van der Waals surface area contributed by atoms with E-state index in [0.717, 1.165) is 0 Å². The largest absolute Gasteiger partial charge is 0.240 e. The Morgan fingerprint density at radius 3 is 2.50 bits per heavy atom.